The Kier molecular flexibility index (Phi) is 9.98. The van der Waals surface area contributed by atoms with E-state index in [1.807, 2.05) is 6.92 Å². The number of esters is 4. The van der Waals surface area contributed by atoms with Gasteiger partial charge in [-0.2, -0.15) is 0 Å². The van der Waals surface area contributed by atoms with Crippen molar-refractivity contribution in [3.8, 4) is 5.75 Å². The SMILES string of the molecule is CC[C@H]1C(=O)OC[C@H](NC(=O)c2nccc(C)c2OC(=O)c2ccc(C)cc2)C(=O)O[C@@H](C)[C@@H]1OC(=O)C(C)C. The number of aryl methyl sites for hydroxylation is 2. The summed E-state index contributed by atoms with van der Waals surface area (Å²) in [5, 5.41) is 2.46. The zero-order valence-corrected chi connectivity index (χ0v) is 23.4. The quantitative estimate of drug-likeness (QED) is 0.400. The molecule has 1 saturated heterocycles. The Morgan fingerprint density at radius 3 is 2.38 bits per heavy atom. The van der Waals surface area contributed by atoms with Crippen molar-refractivity contribution in [1.29, 1.82) is 0 Å². The van der Waals surface area contributed by atoms with Crippen LogP contribution in [0.5, 0.6) is 5.75 Å². The Labute approximate surface area is 232 Å². The summed E-state index contributed by atoms with van der Waals surface area (Å²) in [5.41, 5.74) is 1.45. The summed E-state index contributed by atoms with van der Waals surface area (Å²) in [6.07, 6.45) is -0.460. The van der Waals surface area contributed by atoms with Crippen molar-refractivity contribution in [2.45, 2.75) is 66.2 Å². The summed E-state index contributed by atoms with van der Waals surface area (Å²) in [6, 6.07) is 6.86. The van der Waals surface area contributed by atoms with Gasteiger partial charge in [-0.3, -0.25) is 14.4 Å². The smallest absolute Gasteiger partial charge is 0.343 e. The summed E-state index contributed by atoms with van der Waals surface area (Å²) >= 11 is 0. The third-order valence-corrected chi connectivity index (χ3v) is 6.41. The molecule has 2 aromatic rings. The van der Waals surface area contributed by atoms with Crippen molar-refractivity contribution < 1.29 is 42.9 Å². The maximum Gasteiger partial charge on any atom is 0.343 e. The number of pyridine rings is 1. The highest BCUT2D eigenvalue weighted by Crippen LogP contribution is 2.25. The van der Waals surface area contributed by atoms with Crippen molar-refractivity contribution in [2.24, 2.45) is 11.8 Å². The standard InChI is InChI=1S/C29H34N2O9/c1-7-20-24(40-26(33)15(2)3)18(6)38-29(36)21(14-37-28(20)35)31-25(32)22-23(17(5)12-13-30-22)39-27(34)19-10-8-16(4)9-11-19/h8-13,15,18,20-21,24H,7,14H2,1-6H3,(H,31,32)/t18-,20+,21-,24-/m0/s1. The zero-order valence-electron chi connectivity index (χ0n) is 23.4. The van der Waals surface area contributed by atoms with E-state index < -0.39 is 66.5 Å². The topological polar surface area (TPSA) is 147 Å². The molecule has 1 aliphatic heterocycles. The molecule has 1 amide bonds. The molecule has 11 nitrogen and oxygen atoms in total. The van der Waals surface area contributed by atoms with Gasteiger partial charge in [-0.1, -0.05) is 38.5 Å². The first-order valence-electron chi connectivity index (χ1n) is 13.1. The largest absolute Gasteiger partial charge is 0.463 e. The van der Waals surface area contributed by atoms with E-state index in [0.29, 0.717) is 5.56 Å². The van der Waals surface area contributed by atoms with Gasteiger partial charge in [0.2, 0.25) is 0 Å². The Morgan fingerprint density at radius 1 is 1.07 bits per heavy atom. The molecule has 3 rings (SSSR count). The molecule has 40 heavy (non-hydrogen) atoms. The summed E-state index contributed by atoms with van der Waals surface area (Å²) in [4.78, 5) is 68.3. The van der Waals surface area contributed by atoms with E-state index in [1.54, 1.807) is 58.0 Å². The minimum atomic E-state index is -1.40. The number of benzene rings is 1. The number of carbonyl (C=O) groups excluding carboxylic acids is 5. The van der Waals surface area contributed by atoms with Crippen LogP contribution in [0.4, 0.5) is 0 Å². The Balaban J connectivity index is 1.82. The molecule has 1 aromatic carbocycles. The number of rotatable bonds is 7. The van der Waals surface area contributed by atoms with Gasteiger partial charge in [-0.05, 0) is 51.0 Å². The van der Waals surface area contributed by atoms with Crippen LogP contribution in [0.2, 0.25) is 0 Å². The second kappa shape index (κ2) is 13.2. The molecule has 0 spiro atoms. The predicted octanol–water partition coefficient (Wildman–Crippen LogP) is 3.10. The van der Waals surface area contributed by atoms with Crippen LogP contribution in [0.25, 0.3) is 0 Å². The van der Waals surface area contributed by atoms with E-state index in [0.717, 1.165) is 5.56 Å². The normalized spacial score (nSPS) is 21.3. The fourth-order valence-corrected chi connectivity index (χ4v) is 3.99. The van der Waals surface area contributed by atoms with Crippen molar-refractivity contribution in [2.75, 3.05) is 6.61 Å². The van der Waals surface area contributed by atoms with E-state index >= 15 is 0 Å². The Hall–Kier alpha value is -4.28. The molecule has 0 radical (unpaired) electrons. The van der Waals surface area contributed by atoms with Crippen molar-refractivity contribution in [1.82, 2.24) is 10.3 Å². The van der Waals surface area contributed by atoms with E-state index in [4.69, 9.17) is 18.9 Å². The van der Waals surface area contributed by atoms with Gasteiger partial charge < -0.3 is 24.3 Å². The maximum atomic E-state index is 13.3. The third kappa shape index (κ3) is 7.22. The van der Waals surface area contributed by atoms with Crippen molar-refractivity contribution in [3.63, 3.8) is 0 Å². The van der Waals surface area contributed by atoms with Gasteiger partial charge in [-0.25, -0.2) is 14.6 Å². The van der Waals surface area contributed by atoms with Crippen LogP contribution in [0, 0.1) is 25.7 Å². The van der Waals surface area contributed by atoms with Crippen LogP contribution in [0.1, 0.15) is 66.1 Å². The molecule has 0 aliphatic carbocycles. The third-order valence-electron chi connectivity index (χ3n) is 6.41. The maximum absolute atomic E-state index is 13.3. The number of carbonyl (C=O) groups is 5. The zero-order chi connectivity index (χ0) is 29.6. The molecule has 11 heteroatoms. The summed E-state index contributed by atoms with van der Waals surface area (Å²) < 4.78 is 21.9. The molecule has 0 bridgehead atoms. The van der Waals surface area contributed by atoms with Crippen LogP contribution in [-0.4, -0.2) is 59.6 Å². The summed E-state index contributed by atoms with van der Waals surface area (Å²) in [6.45, 7) is 9.50. The summed E-state index contributed by atoms with van der Waals surface area (Å²) in [7, 11) is 0. The van der Waals surface area contributed by atoms with Gasteiger partial charge in [0.05, 0.1) is 17.4 Å². The van der Waals surface area contributed by atoms with Gasteiger partial charge in [0.25, 0.3) is 5.91 Å². The monoisotopic (exact) mass is 554 g/mol. The number of cyclic esters (lactones) is 2. The first kappa shape index (κ1) is 30.3. The van der Waals surface area contributed by atoms with Crippen molar-refractivity contribution >= 4 is 29.8 Å². The van der Waals surface area contributed by atoms with E-state index in [2.05, 4.69) is 10.3 Å². The average Bonchev–Trinajstić information content (AvgIpc) is 2.94. The van der Waals surface area contributed by atoms with Crippen LogP contribution >= 0.6 is 0 Å². The number of hydrogen-bond acceptors (Lipinski definition) is 10. The van der Waals surface area contributed by atoms with Gasteiger partial charge in [0.1, 0.15) is 12.7 Å². The molecule has 4 atom stereocenters. The average molecular weight is 555 g/mol. The minimum absolute atomic E-state index is 0.0842. The van der Waals surface area contributed by atoms with Gasteiger partial charge >= 0.3 is 23.9 Å². The first-order chi connectivity index (χ1) is 18.9. The van der Waals surface area contributed by atoms with Crippen LogP contribution in [-0.2, 0) is 28.6 Å². The predicted molar refractivity (Wildman–Crippen MR) is 141 cm³/mol. The number of ether oxygens (including phenoxy) is 4. The molecule has 1 aliphatic rings. The summed E-state index contributed by atoms with van der Waals surface area (Å²) in [5.74, 6) is -5.13. The molecule has 2 heterocycles. The van der Waals surface area contributed by atoms with Crippen LogP contribution in [0.15, 0.2) is 36.5 Å². The molecule has 1 fully saturated rings. The highest BCUT2D eigenvalue weighted by atomic mass is 16.6. The lowest BCUT2D eigenvalue weighted by Gasteiger charge is -2.29. The molecule has 0 unspecified atom stereocenters. The second-order valence-electron chi connectivity index (χ2n) is 9.93. The second-order valence-corrected chi connectivity index (χ2v) is 9.93. The number of hydrogen-bond donors (Lipinski definition) is 1. The molecule has 1 N–H and O–H groups in total. The van der Waals surface area contributed by atoms with Gasteiger partial charge in [-0.15, -0.1) is 0 Å². The van der Waals surface area contributed by atoms with Gasteiger partial charge in [0.15, 0.2) is 23.6 Å². The number of amides is 1. The highest BCUT2D eigenvalue weighted by Gasteiger charge is 2.41. The number of nitrogens with one attached hydrogen (secondary N) is 1. The molecule has 214 valence electrons. The van der Waals surface area contributed by atoms with E-state index in [1.165, 1.54) is 13.1 Å². The molecule has 0 saturated carbocycles. The Morgan fingerprint density at radius 2 is 1.75 bits per heavy atom. The Bertz CT molecular complexity index is 1270. The first-order valence-corrected chi connectivity index (χ1v) is 13.1. The number of aromatic nitrogens is 1. The van der Waals surface area contributed by atoms with E-state index in [-0.39, 0.29) is 23.4 Å². The van der Waals surface area contributed by atoms with Crippen LogP contribution < -0.4 is 10.1 Å². The highest BCUT2D eigenvalue weighted by molar-refractivity contribution is 5.99. The molecular weight excluding hydrogens is 520 g/mol. The fourth-order valence-electron chi connectivity index (χ4n) is 3.99. The lowest BCUT2D eigenvalue weighted by Crippen LogP contribution is -2.47. The lowest BCUT2D eigenvalue weighted by atomic mass is 9.95. The van der Waals surface area contributed by atoms with Crippen LogP contribution in [0.3, 0.4) is 0 Å². The minimum Gasteiger partial charge on any atom is -0.463 e. The lowest BCUT2D eigenvalue weighted by molar-refractivity contribution is -0.176. The van der Waals surface area contributed by atoms with E-state index in [9.17, 15) is 24.0 Å². The number of nitrogens with zero attached hydrogens (tertiary/aromatic N) is 1. The molecular formula is C29H34N2O9. The molecule has 1 aromatic heterocycles. The fraction of sp³-hybridized carbons (Fsp3) is 0.448. The van der Waals surface area contributed by atoms with Crippen molar-refractivity contribution in [3.05, 3.63) is 58.9 Å². The van der Waals surface area contributed by atoms with Gasteiger partial charge in [0, 0.05) is 6.20 Å².